The first kappa shape index (κ1) is 21.0. The third kappa shape index (κ3) is 4.18. The van der Waals surface area contributed by atoms with E-state index in [2.05, 4.69) is 27.4 Å². The van der Waals surface area contributed by atoms with Gasteiger partial charge in [0.05, 0.1) is 26.9 Å². The maximum absolute atomic E-state index is 6.35. The second-order valence-electron chi connectivity index (χ2n) is 6.73. The maximum atomic E-state index is 6.35. The highest BCUT2D eigenvalue weighted by atomic mass is 32.2. The fraction of sp³-hybridized carbons (Fsp3) is 0.318. The Morgan fingerprint density at radius 1 is 1.00 bits per heavy atom. The lowest BCUT2D eigenvalue weighted by molar-refractivity contribution is 0.218. The molecule has 0 unspecified atom stereocenters. The zero-order valence-corrected chi connectivity index (χ0v) is 18.7. The summed E-state index contributed by atoms with van der Waals surface area (Å²) in [6.45, 7) is 2.11. The van der Waals surface area contributed by atoms with Crippen molar-refractivity contribution in [2.75, 3.05) is 32.4 Å². The molecule has 0 saturated heterocycles. The highest BCUT2D eigenvalue weighted by Gasteiger charge is 2.29. The van der Waals surface area contributed by atoms with Crippen LogP contribution in [0.5, 0.6) is 23.1 Å². The van der Waals surface area contributed by atoms with E-state index < -0.39 is 6.23 Å². The summed E-state index contributed by atoms with van der Waals surface area (Å²) in [5.74, 6) is 3.05. The van der Waals surface area contributed by atoms with E-state index in [1.165, 1.54) is 0 Å². The number of hydrogen-bond donors (Lipinski definition) is 1. The van der Waals surface area contributed by atoms with Crippen LogP contribution in [0.4, 0.5) is 5.69 Å². The van der Waals surface area contributed by atoms with Crippen molar-refractivity contribution in [3.63, 3.8) is 0 Å². The van der Waals surface area contributed by atoms with E-state index in [1.807, 2.05) is 30.3 Å². The predicted molar refractivity (Wildman–Crippen MR) is 119 cm³/mol. The average Bonchev–Trinajstić information content (AvgIpc) is 2.98. The number of anilines is 1. The molecule has 4 rings (SSSR count). The van der Waals surface area contributed by atoms with Gasteiger partial charge in [-0.25, -0.2) is 0 Å². The van der Waals surface area contributed by atoms with Gasteiger partial charge in [-0.1, -0.05) is 36.9 Å². The molecule has 2 aromatic carbocycles. The van der Waals surface area contributed by atoms with Crippen LogP contribution in [0.15, 0.2) is 41.6 Å². The van der Waals surface area contributed by atoms with Gasteiger partial charge < -0.3 is 24.3 Å². The second kappa shape index (κ2) is 9.30. The molecule has 0 fully saturated rings. The molecule has 1 atom stereocenters. The number of thioether (sulfide) groups is 1. The number of rotatable bonds is 7. The van der Waals surface area contributed by atoms with Crippen LogP contribution in [0.25, 0.3) is 11.3 Å². The minimum absolute atomic E-state index is 0.410. The topological polar surface area (TPSA) is 87.6 Å². The smallest absolute Gasteiger partial charge is 0.247 e. The Morgan fingerprint density at radius 3 is 2.48 bits per heavy atom. The van der Waals surface area contributed by atoms with Crippen LogP contribution in [-0.4, -0.2) is 42.3 Å². The lowest BCUT2D eigenvalue weighted by Crippen LogP contribution is -2.18. The van der Waals surface area contributed by atoms with Gasteiger partial charge in [0.25, 0.3) is 0 Å². The van der Waals surface area contributed by atoms with E-state index in [0.29, 0.717) is 34.0 Å². The van der Waals surface area contributed by atoms with Crippen molar-refractivity contribution in [1.29, 1.82) is 0 Å². The number of ether oxygens (including phenoxy) is 4. The summed E-state index contributed by atoms with van der Waals surface area (Å²) < 4.78 is 22.9. The Kier molecular flexibility index (Phi) is 6.31. The molecule has 0 amide bonds. The van der Waals surface area contributed by atoms with E-state index in [9.17, 15) is 0 Å². The van der Waals surface area contributed by atoms with Gasteiger partial charge in [-0.15, -0.1) is 10.2 Å². The average molecular weight is 441 g/mol. The monoisotopic (exact) mass is 440 g/mol. The van der Waals surface area contributed by atoms with Crippen LogP contribution in [-0.2, 0) is 0 Å². The normalized spacial score (nSPS) is 14.4. The Bertz CT molecular complexity index is 1080. The molecule has 0 saturated carbocycles. The van der Waals surface area contributed by atoms with Crippen molar-refractivity contribution in [2.45, 2.75) is 24.7 Å². The molecular weight excluding hydrogens is 416 g/mol. The van der Waals surface area contributed by atoms with E-state index in [4.69, 9.17) is 18.9 Å². The summed E-state index contributed by atoms with van der Waals surface area (Å²) in [6.07, 6.45) is 0.417. The SMILES string of the molecule is CCCSc1nnc2c(n1)O[C@H](c1cc(OC)c(OC)cc1OC)Nc1ccccc1-2. The summed E-state index contributed by atoms with van der Waals surface area (Å²) in [4.78, 5) is 4.65. The summed E-state index contributed by atoms with van der Waals surface area (Å²) in [5, 5.41) is 12.7. The van der Waals surface area contributed by atoms with Gasteiger partial charge >= 0.3 is 0 Å². The number of fused-ring (bicyclic) bond motifs is 3. The van der Waals surface area contributed by atoms with Gasteiger partial charge in [0, 0.05) is 23.1 Å². The number of nitrogens with zero attached hydrogens (tertiary/aromatic N) is 3. The number of aromatic nitrogens is 3. The van der Waals surface area contributed by atoms with Crippen molar-refractivity contribution in [3.05, 3.63) is 42.0 Å². The molecule has 2 heterocycles. The van der Waals surface area contributed by atoms with Crippen LogP contribution in [0.1, 0.15) is 25.1 Å². The van der Waals surface area contributed by atoms with Crippen molar-refractivity contribution in [1.82, 2.24) is 15.2 Å². The van der Waals surface area contributed by atoms with Gasteiger partial charge in [0.1, 0.15) is 5.75 Å². The molecule has 0 spiro atoms. The number of benzene rings is 2. The molecule has 3 aromatic rings. The lowest BCUT2D eigenvalue weighted by atomic mass is 10.1. The van der Waals surface area contributed by atoms with Crippen molar-refractivity contribution >= 4 is 17.4 Å². The molecule has 0 radical (unpaired) electrons. The standard InChI is InChI=1S/C22H24N4O4S/c1-5-10-31-22-24-21-19(25-26-22)13-8-6-7-9-15(13)23-20(30-21)14-11-17(28-3)18(29-4)12-16(14)27-2/h6-9,11-12,20,23H,5,10H2,1-4H3/t20-/m1/s1. The first-order valence-electron chi connectivity index (χ1n) is 9.88. The highest BCUT2D eigenvalue weighted by Crippen LogP contribution is 2.43. The van der Waals surface area contributed by atoms with Crippen LogP contribution in [0.2, 0.25) is 0 Å². The molecule has 31 heavy (non-hydrogen) atoms. The minimum atomic E-state index is -0.599. The zero-order valence-electron chi connectivity index (χ0n) is 17.8. The molecule has 0 bridgehead atoms. The third-order valence-corrected chi connectivity index (χ3v) is 5.83. The van der Waals surface area contributed by atoms with E-state index >= 15 is 0 Å². The number of methoxy groups -OCH3 is 3. The number of para-hydroxylation sites is 1. The van der Waals surface area contributed by atoms with E-state index in [1.54, 1.807) is 39.2 Å². The molecule has 1 aliphatic rings. The first-order valence-corrected chi connectivity index (χ1v) is 10.9. The highest BCUT2D eigenvalue weighted by molar-refractivity contribution is 7.99. The molecule has 1 N–H and O–H groups in total. The molecule has 9 heteroatoms. The van der Waals surface area contributed by atoms with Crippen LogP contribution >= 0.6 is 11.8 Å². The number of hydrogen-bond acceptors (Lipinski definition) is 9. The fourth-order valence-corrected chi connectivity index (χ4v) is 3.93. The molecule has 0 aliphatic carbocycles. The zero-order chi connectivity index (χ0) is 21.8. The number of nitrogens with one attached hydrogen (secondary N) is 1. The predicted octanol–water partition coefficient (Wildman–Crippen LogP) is 4.57. The molecule has 1 aromatic heterocycles. The minimum Gasteiger partial charge on any atom is -0.496 e. The van der Waals surface area contributed by atoms with Gasteiger partial charge in [0.15, 0.2) is 17.2 Å². The molecular formula is C22H24N4O4S. The van der Waals surface area contributed by atoms with E-state index in [0.717, 1.165) is 29.0 Å². The summed E-state index contributed by atoms with van der Waals surface area (Å²) >= 11 is 1.55. The summed E-state index contributed by atoms with van der Waals surface area (Å²) in [5.41, 5.74) is 3.05. The van der Waals surface area contributed by atoms with E-state index in [-0.39, 0.29) is 0 Å². The summed E-state index contributed by atoms with van der Waals surface area (Å²) in [6, 6.07) is 11.4. The van der Waals surface area contributed by atoms with Gasteiger partial charge in [-0.05, 0) is 18.6 Å². The van der Waals surface area contributed by atoms with Gasteiger partial charge in [0.2, 0.25) is 17.3 Å². The fourth-order valence-electron chi connectivity index (χ4n) is 3.30. The Labute approximate surface area is 185 Å². The molecule has 1 aliphatic heterocycles. The second-order valence-corrected chi connectivity index (χ2v) is 7.80. The lowest BCUT2D eigenvalue weighted by Gasteiger charge is -2.22. The largest absolute Gasteiger partial charge is 0.496 e. The Morgan fingerprint density at radius 2 is 1.74 bits per heavy atom. The van der Waals surface area contributed by atoms with Gasteiger partial charge in [-0.3, -0.25) is 0 Å². The van der Waals surface area contributed by atoms with Crippen LogP contribution in [0, 0.1) is 0 Å². The maximum Gasteiger partial charge on any atom is 0.247 e. The summed E-state index contributed by atoms with van der Waals surface area (Å²) in [7, 11) is 4.78. The Hall–Kier alpha value is -3.20. The Balaban J connectivity index is 1.83. The van der Waals surface area contributed by atoms with Crippen molar-refractivity contribution in [2.24, 2.45) is 0 Å². The van der Waals surface area contributed by atoms with Gasteiger partial charge in [-0.2, -0.15) is 4.98 Å². The van der Waals surface area contributed by atoms with Crippen LogP contribution in [0.3, 0.4) is 0 Å². The molecule has 162 valence electrons. The third-order valence-electron chi connectivity index (χ3n) is 4.79. The van der Waals surface area contributed by atoms with Crippen molar-refractivity contribution in [3.8, 4) is 34.4 Å². The van der Waals surface area contributed by atoms with Crippen molar-refractivity contribution < 1.29 is 18.9 Å². The molecule has 8 nitrogen and oxygen atoms in total. The first-order chi connectivity index (χ1) is 15.2. The quantitative estimate of drug-likeness (QED) is 0.531. The van der Waals surface area contributed by atoms with Crippen LogP contribution < -0.4 is 24.3 Å².